The van der Waals surface area contributed by atoms with Gasteiger partial charge in [0.05, 0.1) is 12.4 Å². The van der Waals surface area contributed by atoms with Crippen molar-refractivity contribution in [3.05, 3.63) is 0 Å². The molecule has 0 aromatic rings. The van der Waals surface area contributed by atoms with Gasteiger partial charge in [-0.3, -0.25) is 5.09 Å². The summed E-state index contributed by atoms with van der Waals surface area (Å²) in [5.41, 5.74) is -2.46. The van der Waals surface area contributed by atoms with E-state index in [0.29, 0.717) is 25.0 Å². The van der Waals surface area contributed by atoms with Crippen molar-refractivity contribution in [3.63, 3.8) is 0 Å². The molecule has 2 atom stereocenters. The third-order valence-electron chi connectivity index (χ3n) is 4.03. The Hall–Kier alpha value is 0.830. The first kappa shape index (κ1) is 24.8. The van der Waals surface area contributed by atoms with E-state index >= 15 is 0 Å². The van der Waals surface area contributed by atoms with Gasteiger partial charge in [-0.05, 0) is 26.3 Å². The third kappa shape index (κ3) is 8.02. The van der Waals surface area contributed by atoms with Crippen LogP contribution in [0.3, 0.4) is 0 Å². The molecule has 0 amide bonds. The van der Waals surface area contributed by atoms with Crippen molar-refractivity contribution in [2.24, 2.45) is 5.92 Å². The van der Waals surface area contributed by atoms with Gasteiger partial charge in [0, 0.05) is 18.4 Å². The zero-order valence-electron chi connectivity index (χ0n) is 15.9. The lowest BCUT2D eigenvalue weighted by Crippen LogP contribution is -2.37. The van der Waals surface area contributed by atoms with Gasteiger partial charge in [0.25, 0.3) is 0 Å². The standard InChI is InChI=1S/C15H35N2O3PS3/c1-7-14(5)23-21(22,16-6)17(11-12-20-10-4)24(18,19)13-15(8-2)9-3/h14-15H,7-13H2,1-6H3,(H,16,22). The monoisotopic (exact) mass is 418 g/mol. The van der Waals surface area contributed by atoms with E-state index in [4.69, 9.17) is 16.5 Å². The van der Waals surface area contributed by atoms with Crippen LogP contribution in [0.1, 0.15) is 53.9 Å². The summed E-state index contributed by atoms with van der Waals surface area (Å²) in [7, 11) is -1.66. The SMILES string of the molecule is CCOCCN(P(=S)(NC)SC(C)CC)S(=O)(=O)CC(CC)CC. The first-order valence-corrected chi connectivity index (χ1v) is 14.6. The second-order valence-electron chi connectivity index (χ2n) is 5.77. The van der Waals surface area contributed by atoms with Gasteiger partial charge in [-0.25, -0.2) is 8.42 Å². The molecule has 0 radical (unpaired) electrons. The Balaban J connectivity index is 5.57. The molecule has 2 unspecified atom stereocenters. The highest BCUT2D eigenvalue weighted by Gasteiger charge is 2.36. The minimum Gasteiger partial charge on any atom is -0.380 e. The second kappa shape index (κ2) is 12.3. The van der Waals surface area contributed by atoms with Gasteiger partial charge >= 0.3 is 0 Å². The normalized spacial score (nSPS) is 16.5. The lowest BCUT2D eigenvalue weighted by molar-refractivity contribution is 0.145. The van der Waals surface area contributed by atoms with E-state index in [-0.39, 0.29) is 11.7 Å². The van der Waals surface area contributed by atoms with Gasteiger partial charge in [-0.15, -0.1) is 4.08 Å². The van der Waals surface area contributed by atoms with Gasteiger partial charge < -0.3 is 4.74 Å². The quantitative estimate of drug-likeness (QED) is 0.339. The molecule has 0 aliphatic heterocycles. The van der Waals surface area contributed by atoms with Crippen molar-refractivity contribution in [1.29, 1.82) is 0 Å². The molecule has 1 N–H and O–H groups in total. The smallest absolute Gasteiger partial charge is 0.220 e. The molecule has 0 spiro atoms. The lowest BCUT2D eigenvalue weighted by atomic mass is 10.1. The molecular formula is C15H35N2O3PS3. The van der Waals surface area contributed by atoms with Crippen LogP contribution in [0.25, 0.3) is 0 Å². The molecule has 0 rings (SSSR count). The van der Waals surface area contributed by atoms with Crippen LogP contribution >= 0.6 is 16.9 Å². The van der Waals surface area contributed by atoms with Crippen molar-refractivity contribution in [2.75, 3.05) is 32.6 Å². The highest BCUT2D eigenvalue weighted by atomic mass is 32.9. The largest absolute Gasteiger partial charge is 0.380 e. The molecule has 0 fully saturated rings. The van der Waals surface area contributed by atoms with Gasteiger partial charge in [0.2, 0.25) is 10.0 Å². The van der Waals surface area contributed by atoms with Crippen molar-refractivity contribution >= 4 is 38.8 Å². The van der Waals surface area contributed by atoms with Gasteiger partial charge in [-0.1, -0.05) is 63.7 Å². The lowest BCUT2D eigenvalue weighted by Gasteiger charge is -2.35. The minimum absolute atomic E-state index is 0.160. The maximum absolute atomic E-state index is 13.1. The summed E-state index contributed by atoms with van der Waals surface area (Å²) >= 11 is 7.43. The summed E-state index contributed by atoms with van der Waals surface area (Å²) < 4.78 is 33.2. The van der Waals surface area contributed by atoms with Crippen LogP contribution in [-0.4, -0.2) is 50.3 Å². The molecule has 5 nitrogen and oxygen atoms in total. The van der Waals surface area contributed by atoms with E-state index in [9.17, 15) is 8.42 Å². The maximum atomic E-state index is 13.1. The Morgan fingerprint density at radius 1 is 1.21 bits per heavy atom. The molecule has 0 aliphatic carbocycles. The van der Waals surface area contributed by atoms with E-state index in [0.717, 1.165) is 19.3 Å². The molecule has 0 aromatic carbocycles. The van der Waals surface area contributed by atoms with Crippen molar-refractivity contribution in [1.82, 2.24) is 9.16 Å². The van der Waals surface area contributed by atoms with E-state index in [1.165, 1.54) is 0 Å². The topological polar surface area (TPSA) is 58.6 Å². The Labute approximate surface area is 158 Å². The minimum atomic E-state index is -3.43. The van der Waals surface area contributed by atoms with Crippen LogP contribution in [0.2, 0.25) is 0 Å². The Kier molecular flexibility index (Phi) is 12.7. The first-order chi connectivity index (χ1) is 11.2. The van der Waals surface area contributed by atoms with Crippen LogP contribution in [0, 0.1) is 5.92 Å². The molecular weight excluding hydrogens is 383 g/mol. The first-order valence-electron chi connectivity index (χ1n) is 8.76. The van der Waals surface area contributed by atoms with Gasteiger partial charge in [0.15, 0.2) is 0 Å². The molecule has 0 saturated heterocycles. The summed E-state index contributed by atoms with van der Waals surface area (Å²) in [5, 5.41) is 3.47. The number of hydrogen-bond acceptors (Lipinski definition) is 5. The van der Waals surface area contributed by atoms with Gasteiger partial charge in [-0.2, -0.15) is 0 Å². The summed E-state index contributed by atoms with van der Waals surface area (Å²) in [6.07, 6.45) is 2.67. The van der Waals surface area contributed by atoms with Crippen LogP contribution in [0.4, 0.5) is 0 Å². The molecule has 9 heteroatoms. The number of ether oxygens (including phenoxy) is 1. The van der Waals surface area contributed by atoms with E-state index in [1.54, 1.807) is 22.5 Å². The number of rotatable bonds is 14. The van der Waals surface area contributed by atoms with E-state index < -0.39 is 15.6 Å². The molecule has 0 aliphatic rings. The summed E-state index contributed by atoms with van der Waals surface area (Å²) in [5.74, 6) is 0.325. The number of hydrogen-bond donors (Lipinski definition) is 1. The molecule has 146 valence electrons. The number of sulfonamides is 1. The second-order valence-corrected chi connectivity index (χ2v) is 15.5. The zero-order valence-corrected chi connectivity index (χ0v) is 19.3. The summed E-state index contributed by atoms with van der Waals surface area (Å²) in [6.45, 7) is 11.4. The third-order valence-corrected chi connectivity index (χ3v) is 15.2. The van der Waals surface area contributed by atoms with E-state index in [2.05, 4.69) is 18.9 Å². The van der Waals surface area contributed by atoms with Crippen molar-refractivity contribution in [2.45, 2.75) is 59.1 Å². The fourth-order valence-corrected chi connectivity index (χ4v) is 13.5. The zero-order chi connectivity index (χ0) is 18.8. The molecule has 0 heterocycles. The van der Waals surface area contributed by atoms with Crippen LogP contribution in [-0.2, 0) is 26.6 Å². The van der Waals surface area contributed by atoms with Crippen LogP contribution in [0.15, 0.2) is 0 Å². The fraction of sp³-hybridized carbons (Fsp3) is 1.00. The van der Waals surface area contributed by atoms with E-state index in [1.807, 2.05) is 20.8 Å². The maximum Gasteiger partial charge on any atom is 0.220 e. The fourth-order valence-electron chi connectivity index (χ4n) is 2.17. The molecule has 0 saturated carbocycles. The van der Waals surface area contributed by atoms with Crippen LogP contribution in [0.5, 0.6) is 0 Å². The summed E-state index contributed by atoms with van der Waals surface area (Å²) in [4.78, 5) is 0. The molecule has 0 aromatic heterocycles. The number of nitrogens with zero attached hydrogens (tertiary/aromatic N) is 1. The Bertz CT molecular complexity index is 484. The number of nitrogens with one attached hydrogen (secondary N) is 1. The Morgan fingerprint density at radius 3 is 2.21 bits per heavy atom. The Morgan fingerprint density at radius 2 is 1.79 bits per heavy atom. The predicted molar refractivity (Wildman–Crippen MR) is 112 cm³/mol. The van der Waals surface area contributed by atoms with Gasteiger partial charge in [0.1, 0.15) is 5.54 Å². The highest BCUT2D eigenvalue weighted by molar-refractivity contribution is 8.70. The molecule has 0 bridgehead atoms. The van der Waals surface area contributed by atoms with Crippen molar-refractivity contribution in [3.8, 4) is 0 Å². The van der Waals surface area contributed by atoms with Crippen LogP contribution < -0.4 is 5.09 Å². The average molecular weight is 419 g/mol. The van der Waals surface area contributed by atoms with Crippen molar-refractivity contribution < 1.29 is 13.2 Å². The average Bonchev–Trinajstić information content (AvgIpc) is 2.55. The summed E-state index contributed by atoms with van der Waals surface area (Å²) in [6, 6.07) is 0. The predicted octanol–water partition coefficient (Wildman–Crippen LogP) is 4.07. The highest BCUT2D eigenvalue weighted by Crippen LogP contribution is 2.61. The molecule has 24 heavy (non-hydrogen) atoms.